The van der Waals surface area contributed by atoms with Crippen molar-refractivity contribution >= 4 is 29.1 Å². The number of benzene rings is 2. The van der Waals surface area contributed by atoms with E-state index >= 15 is 0 Å². The number of halogens is 1. The van der Waals surface area contributed by atoms with Gasteiger partial charge in [0, 0.05) is 17.1 Å². The van der Waals surface area contributed by atoms with E-state index in [1.165, 1.54) is 4.90 Å². The Bertz CT molecular complexity index is 920. The molecule has 1 N–H and O–H groups in total. The van der Waals surface area contributed by atoms with Gasteiger partial charge in [0.15, 0.2) is 0 Å². The van der Waals surface area contributed by atoms with E-state index in [1.807, 2.05) is 13.0 Å². The smallest absolute Gasteiger partial charge is 0.295 e. The van der Waals surface area contributed by atoms with Gasteiger partial charge in [-0.3, -0.25) is 9.59 Å². The van der Waals surface area contributed by atoms with Gasteiger partial charge < -0.3 is 14.7 Å². The lowest BCUT2D eigenvalue weighted by Crippen LogP contribution is -2.30. The highest BCUT2D eigenvalue weighted by molar-refractivity contribution is 6.46. The number of carbonyl (C=O) groups excluding carboxylic acids is 2. The summed E-state index contributed by atoms with van der Waals surface area (Å²) < 4.78 is 5.30. The van der Waals surface area contributed by atoms with Gasteiger partial charge in [0.1, 0.15) is 11.5 Å². The topological polar surface area (TPSA) is 66.8 Å². The van der Waals surface area contributed by atoms with Gasteiger partial charge in [0.25, 0.3) is 11.7 Å². The molecule has 1 atom stereocenters. The van der Waals surface area contributed by atoms with E-state index in [1.54, 1.807) is 49.6 Å². The Kier molecular flexibility index (Phi) is 6.05. The molecule has 0 spiro atoms. The molecule has 0 saturated carbocycles. The average molecular weight is 400 g/mol. The molecule has 2 aromatic rings. The molecule has 1 aliphatic heterocycles. The van der Waals surface area contributed by atoms with Crippen LogP contribution in [-0.4, -0.2) is 35.4 Å². The highest BCUT2D eigenvalue weighted by atomic mass is 35.5. The van der Waals surface area contributed by atoms with E-state index in [0.717, 1.165) is 12.8 Å². The van der Waals surface area contributed by atoms with Crippen LogP contribution in [0.5, 0.6) is 5.75 Å². The second-order valence-electron chi connectivity index (χ2n) is 6.63. The molecule has 1 heterocycles. The van der Waals surface area contributed by atoms with Gasteiger partial charge in [0.05, 0.1) is 18.7 Å². The number of likely N-dealkylation sites (tertiary alicyclic amines) is 1. The van der Waals surface area contributed by atoms with Gasteiger partial charge in [-0.05, 0) is 48.4 Å². The average Bonchev–Trinajstić information content (AvgIpc) is 2.97. The molecule has 1 saturated heterocycles. The Morgan fingerprint density at radius 1 is 1.18 bits per heavy atom. The van der Waals surface area contributed by atoms with Crippen molar-refractivity contribution in [1.82, 2.24) is 4.90 Å². The number of aliphatic hydroxyl groups is 1. The molecular weight excluding hydrogens is 378 g/mol. The summed E-state index contributed by atoms with van der Waals surface area (Å²) in [6.45, 7) is 2.45. The van der Waals surface area contributed by atoms with Crippen LogP contribution in [-0.2, 0) is 9.59 Å². The first-order chi connectivity index (χ1) is 13.5. The lowest BCUT2D eigenvalue weighted by molar-refractivity contribution is -0.139. The molecule has 0 aliphatic carbocycles. The number of hydrogen-bond acceptors (Lipinski definition) is 4. The Morgan fingerprint density at radius 2 is 1.89 bits per heavy atom. The number of amides is 1. The zero-order valence-corrected chi connectivity index (χ0v) is 16.6. The van der Waals surface area contributed by atoms with Gasteiger partial charge in [0.2, 0.25) is 0 Å². The van der Waals surface area contributed by atoms with E-state index in [2.05, 4.69) is 0 Å². The fourth-order valence-corrected chi connectivity index (χ4v) is 3.49. The van der Waals surface area contributed by atoms with Gasteiger partial charge in [-0.2, -0.15) is 0 Å². The fraction of sp³-hybridized carbons (Fsp3) is 0.273. The minimum absolute atomic E-state index is 0.0803. The SMILES string of the molecule is CCCCN1C(=O)C(=O)/C(=C(\O)c2ccc(Cl)cc2)C1c1cccc(OC)c1. The maximum absolute atomic E-state index is 12.8. The zero-order valence-electron chi connectivity index (χ0n) is 15.8. The fourth-order valence-electron chi connectivity index (χ4n) is 3.36. The van der Waals surface area contributed by atoms with Crippen molar-refractivity contribution in [3.05, 3.63) is 70.3 Å². The third-order valence-electron chi connectivity index (χ3n) is 4.82. The van der Waals surface area contributed by atoms with E-state index in [0.29, 0.717) is 28.4 Å². The van der Waals surface area contributed by atoms with Crippen LogP contribution in [0.1, 0.15) is 36.9 Å². The monoisotopic (exact) mass is 399 g/mol. The highest BCUT2D eigenvalue weighted by Crippen LogP contribution is 2.40. The van der Waals surface area contributed by atoms with Crippen LogP contribution < -0.4 is 4.74 Å². The van der Waals surface area contributed by atoms with Crippen molar-refractivity contribution in [3.8, 4) is 5.75 Å². The minimum Gasteiger partial charge on any atom is -0.507 e. The zero-order chi connectivity index (χ0) is 20.3. The largest absolute Gasteiger partial charge is 0.507 e. The van der Waals surface area contributed by atoms with Crippen molar-refractivity contribution < 1.29 is 19.4 Å². The normalized spacial score (nSPS) is 18.5. The van der Waals surface area contributed by atoms with Crippen molar-refractivity contribution in [3.63, 3.8) is 0 Å². The number of aliphatic hydroxyl groups excluding tert-OH is 1. The number of methoxy groups -OCH3 is 1. The molecule has 0 bridgehead atoms. The molecule has 28 heavy (non-hydrogen) atoms. The Morgan fingerprint density at radius 3 is 2.54 bits per heavy atom. The number of unbranched alkanes of at least 4 members (excludes halogenated alkanes) is 1. The summed E-state index contributed by atoms with van der Waals surface area (Å²) in [5, 5.41) is 11.4. The van der Waals surface area contributed by atoms with Gasteiger partial charge >= 0.3 is 0 Å². The Balaban J connectivity index is 2.16. The minimum atomic E-state index is -0.684. The summed E-state index contributed by atoms with van der Waals surface area (Å²) in [5.41, 5.74) is 1.23. The number of ketones is 1. The van der Waals surface area contributed by atoms with Crippen LogP contribution in [0, 0.1) is 0 Å². The summed E-state index contributed by atoms with van der Waals surface area (Å²) in [7, 11) is 1.56. The molecular formula is C22H22ClNO4. The van der Waals surface area contributed by atoms with Crippen molar-refractivity contribution in [1.29, 1.82) is 0 Å². The van der Waals surface area contributed by atoms with Crippen LogP contribution in [0.3, 0.4) is 0 Å². The molecule has 146 valence electrons. The number of Topliss-reactive ketones (excluding diaryl/α,β-unsaturated/α-hetero) is 1. The maximum Gasteiger partial charge on any atom is 0.295 e. The van der Waals surface area contributed by atoms with Crippen molar-refractivity contribution in [2.45, 2.75) is 25.8 Å². The van der Waals surface area contributed by atoms with Crippen LogP contribution in [0.15, 0.2) is 54.1 Å². The molecule has 3 rings (SSSR count). The summed E-state index contributed by atoms with van der Waals surface area (Å²) in [4.78, 5) is 27.1. The summed E-state index contributed by atoms with van der Waals surface area (Å²) in [5.74, 6) is -0.875. The molecule has 5 nitrogen and oxygen atoms in total. The molecule has 1 amide bonds. The third-order valence-corrected chi connectivity index (χ3v) is 5.07. The predicted molar refractivity (Wildman–Crippen MR) is 108 cm³/mol. The standard InChI is InChI=1S/C22H22ClNO4/c1-3-4-12-24-19(15-6-5-7-17(13-15)28-2)18(21(26)22(24)27)20(25)14-8-10-16(23)11-9-14/h5-11,13,19,25H,3-4,12H2,1-2H3/b20-18-. The van der Waals surface area contributed by atoms with E-state index < -0.39 is 17.7 Å². The van der Waals surface area contributed by atoms with Crippen LogP contribution >= 0.6 is 11.6 Å². The summed E-state index contributed by atoms with van der Waals surface area (Å²) in [6.07, 6.45) is 1.64. The maximum atomic E-state index is 12.8. The second kappa shape index (κ2) is 8.48. The molecule has 1 fully saturated rings. The predicted octanol–water partition coefficient (Wildman–Crippen LogP) is 4.57. The number of rotatable bonds is 6. The van der Waals surface area contributed by atoms with Gasteiger partial charge in [-0.15, -0.1) is 0 Å². The van der Waals surface area contributed by atoms with Crippen molar-refractivity contribution in [2.24, 2.45) is 0 Å². The quantitative estimate of drug-likeness (QED) is 0.439. The van der Waals surface area contributed by atoms with E-state index in [4.69, 9.17) is 16.3 Å². The first-order valence-electron chi connectivity index (χ1n) is 9.16. The molecule has 1 aliphatic rings. The number of ether oxygens (including phenoxy) is 1. The molecule has 2 aromatic carbocycles. The van der Waals surface area contributed by atoms with Crippen LogP contribution in [0.25, 0.3) is 5.76 Å². The second-order valence-corrected chi connectivity index (χ2v) is 7.07. The van der Waals surface area contributed by atoms with E-state index in [9.17, 15) is 14.7 Å². The lowest BCUT2D eigenvalue weighted by atomic mass is 9.95. The first kappa shape index (κ1) is 20.0. The number of nitrogens with zero attached hydrogens (tertiary/aromatic N) is 1. The third kappa shape index (κ3) is 3.76. The molecule has 6 heteroatoms. The molecule has 0 aromatic heterocycles. The van der Waals surface area contributed by atoms with Crippen LogP contribution in [0.2, 0.25) is 5.02 Å². The lowest BCUT2D eigenvalue weighted by Gasteiger charge is -2.25. The van der Waals surface area contributed by atoms with E-state index in [-0.39, 0.29) is 11.3 Å². The van der Waals surface area contributed by atoms with Crippen LogP contribution in [0.4, 0.5) is 0 Å². The molecule has 0 radical (unpaired) electrons. The van der Waals surface area contributed by atoms with Gasteiger partial charge in [-0.25, -0.2) is 0 Å². The highest BCUT2D eigenvalue weighted by Gasteiger charge is 2.45. The molecule has 1 unspecified atom stereocenters. The summed E-state index contributed by atoms with van der Waals surface area (Å²) in [6, 6.07) is 13.0. The first-order valence-corrected chi connectivity index (χ1v) is 9.54. The summed E-state index contributed by atoms with van der Waals surface area (Å²) >= 11 is 5.93. The number of carbonyl (C=O) groups is 2. The number of hydrogen-bond donors (Lipinski definition) is 1. The van der Waals surface area contributed by atoms with Crippen molar-refractivity contribution in [2.75, 3.05) is 13.7 Å². The Labute approximate surface area is 169 Å². The Hall–Kier alpha value is -2.79. The van der Waals surface area contributed by atoms with Gasteiger partial charge in [-0.1, -0.05) is 37.1 Å².